The second-order valence-electron chi connectivity index (χ2n) is 4.04. The van der Waals surface area contributed by atoms with Gasteiger partial charge in [0, 0.05) is 7.05 Å². The van der Waals surface area contributed by atoms with Gasteiger partial charge in [-0.25, -0.2) is 8.42 Å². The van der Waals surface area contributed by atoms with Crippen LogP contribution in [0.2, 0.25) is 5.02 Å². The van der Waals surface area contributed by atoms with Gasteiger partial charge >= 0.3 is 5.97 Å². The Morgan fingerprint density at radius 1 is 1.55 bits per heavy atom. The van der Waals surface area contributed by atoms with Crippen LogP contribution in [0.1, 0.15) is 18.9 Å². The summed E-state index contributed by atoms with van der Waals surface area (Å²) >= 11 is 5.86. The molecule has 6 nitrogen and oxygen atoms in total. The summed E-state index contributed by atoms with van der Waals surface area (Å²) in [6.45, 7) is 1.57. The van der Waals surface area contributed by atoms with Crippen molar-refractivity contribution in [2.45, 2.75) is 24.3 Å². The third-order valence-corrected chi connectivity index (χ3v) is 5.18. The molecule has 0 radical (unpaired) electrons. The number of carboxylic acid groups (broad SMARTS) is 1. The van der Waals surface area contributed by atoms with Crippen molar-refractivity contribution < 1.29 is 18.3 Å². The molecule has 1 atom stereocenters. The number of hydrogen-bond donors (Lipinski definition) is 1. The number of aliphatic carboxylic acids is 1. The van der Waals surface area contributed by atoms with E-state index in [1.54, 1.807) is 6.92 Å². The summed E-state index contributed by atoms with van der Waals surface area (Å²) < 4.78 is 25.5. The highest BCUT2D eigenvalue weighted by Crippen LogP contribution is 2.26. The predicted molar refractivity (Wildman–Crippen MR) is 72.8 cm³/mol. The molecule has 0 aromatic heterocycles. The van der Waals surface area contributed by atoms with E-state index in [4.69, 9.17) is 22.0 Å². The maximum Gasteiger partial charge on any atom is 0.321 e. The normalized spacial score (nSPS) is 12.9. The van der Waals surface area contributed by atoms with Crippen molar-refractivity contribution in [1.29, 1.82) is 5.26 Å². The number of carbonyl (C=O) groups is 1. The van der Waals surface area contributed by atoms with Gasteiger partial charge in [-0.05, 0) is 24.6 Å². The molecule has 0 bridgehead atoms. The predicted octanol–water partition coefficient (Wildman–Crippen LogP) is 1.70. The second kappa shape index (κ2) is 6.22. The SMILES string of the molecule is CCC(C(=O)O)N(C)S(=O)(=O)c1ccc(C#N)cc1Cl. The number of sulfonamides is 1. The number of hydrogen-bond acceptors (Lipinski definition) is 4. The molecule has 0 amide bonds. The first-order chi connectivity index (χ1) is 9.25. The Hall–Kier alpha value is -1.62. The highest BCUT2D eigenvalue weighted by atomic mass is 35.5. The number of rotatable bonds is 5. The molecular formula is C12H13ClN2O4S. The van der Waals surface area contributed by atoms with Gasteiger partial charge in [0.05, 0.1) is 16.7 Å². The summed E-state index contributed by atoms with van der Waals surface area (Å²) in [5, 5.41) is 17.6. The highest BCUT2D eigenvalue weighted by molar-refractivity contribution is 7.89. The molecule has 0 saturated heterocycles. The smallest absolute Gasteiger partial charge is 0.321 e. The van der Waals surface area contributed by atoms with E-state index in [0.717, 1.165) is 4.31 Å². The third kappa shape index (κ3) is 3.10. The summed E-state index contributed by atoms with van der Waals surface area (Å²) in [6, 6.07) is 4.40. The molecule has 0 heterocycles. The molecule has 1 aromatic rings. The summed E-state index contributed by atoms with van der Waals surface area (Å²) in [5.41, 5.74) is 0.224. The van der Waals surface area contributed by atoms with Crippen molar-refractivity contribution in [1.82, 2.24) is 4.31 Å². The Bertz CT molecular complexity index is 667. The van der Waals surface area contributed by atoms with Crippen molar-refractivity contribution in [2.75, 3.05) is 7.05 Å². The third-order valence-electron chi connectivity index (χ3n) is 2.83. The summed E-state index contributed by atoms with van der Waals surface area (Å²) in [4.78, 5) is 10.8. The molecule has 0 aliphatic carbocycles. The highest BCUT2D eigenvalue weighted by Gasteiger charge is 2.32. The van der Waals surface area contributed by atoms with E-state index in [0.29, 0.717) is 0 Å². The Kier molecular flexibility index (Phi) is 5.11. The molecule has 1 aromatic carbocycles. The van der Waals surface area contributed by atoms with Gasteiger partial charge in [-0.2, -0.15) is 9.57 Å². The van der Waals surface area contributed by atoms with E-state index >= 15 is 0 Å². The topological polar surface area (TPSA) is 98.5 Å². The number of halogens is 1. The monoisotopic (exact) mass is 316 g/mol. The summed E-state index contributed by atoms with van der Waals surface area (Å²) in [6.07, 6.45) is 0.124. The fourth-order valence-electron chi connectivity index (χ4n) is 1.69. The lowest BCUT2D eigenvalue weighted by Crippen LogP contribution is -2.41. The molecule has 0 fully saturated rings. The zero-order valence-electron chi connectivity index (χ0n) is 10.9. The lowest BCUT2D eigenvalue weighted by molar-refractivity contribution is -0.141. The van der Waals surface area contributed by atoms with Crippen molar-refractivity contribution in [3.8, 4) is 6.07 Å². The first-order valence-electron chi connectivity index (χ1n) is 5.66. The minimum Gasteiger partial charge on any atom is -0.480 e. The van der Waals surface area contributed by atoms with Crippen molar-refractivity contribution in [3.63, 3.8) is 0 Å². The molecule has 0 spiro atoms. The molecule has 0 aliphatic rings. The number of likely N-dealkylation sites (N-methyl/N-ethyl adjacent to an activating group) is 1. The van der Waals surface area contributed by atoms with E-state index in [2.05, 4.69) is 0 Å². The van der Waals surface area contributed by atoms with Gasteiger partial charge in [-0.1, -0.05) is 18.5 Å². The Morgan fingerprint density at radius 3 is 2.55 bits per heavy atom. The van der Waals surface area contributed by atoms with Gasteiger partial charge < -0.3 is 5.11 Å². The quantitative estimate of drug-likeness (QED) is 0.891. The van der Waals surface area contributed by atoms with Crippen LogP contribution in [0.4, 0.5) is 0 Å². The molecular weight excluding hydrogens is 304 g/mol. The van der Waals surface area contributed by atoms with Crippen molar-refractivity contribution >= 4 is 27.6 Å². The molecule has 1 unspecified atom stereocenters. The van der Waals surface area contributed by atoms with E-state index in [1.165, 1.54) is 25.2 Å². The van der Waals surface area contributed by atoms with Crippen LogP contribution in [0.5, 0.6) is 0 Å². The zero-order valence-corrected chi connectivity index (χ0v) is 12.4. The van der Waals surface area contributed by atoms with Crippen LogP contribution in [-0.2, 0) is 14.8 Å². The fraction of sp³-hybridized carbons (Fsp3) is 0.333. The Balaban J connectivity index is 3.30. The minimum atomic E-state index is -4.04. The number of nitriles is 1. The maximum absolute atomic E-state index is 12.4. The van der Waals surface area contributed by atoms with Gasteiger partial charge in [0.25, 0.3) is 0 Å². The van der Waals surface area contributed by atoms with Gasteiger partial charge in [0.2, 0.25) is 10.0 Å². The summed E-state index contributed by atoms with van der Waals surface area (Å²) in [7, 11) is -2.85. The standard InChI is InChI=1S/C12H13ClN2O4S/c1-3-10(12(16)17)15(2)20(18,19)11-5-4-8(7-14)6-9(11)13/h4-6,10H,3H2,1-2H3,(H,16,17). The Morgan fingerprint density at radius 2 is 2.15 bits per heavy atom. The number of carboxylic acids is 1. The van der Waals surface area contributed by atoms with Crippen LogP contribution in [0, 0.1) is 11.3 Å². The van der Waals surface area contributed by atoms with E-state index in [9.17, 15) is 13.2 Å². The zero-order chi connectivity index (χ0) is 15.5. The molecule has 0 aliphatic heterocycles. The van der Waals surface area contributed by atoms with Crippen LogP contribution in [-0.4, -0.2) is 36.9 Å². The van der Waals surface area contributed by atoms with Crippen LogP contribution in [0.15, 0.2) is 23.1 Å². The second-order valence-corrected chi connectivity index (χ2v) is 6.41. The van der Waals surface area contributed by atoms with Crippen molar-refractivity contribution in [3.05, 3.63) is 28.8 Å². The van der Waals surface area contributed by atoms with Crippen molar-refractivity contribution in [2.24, 2.45) is 0 Å². The Labute approximate surface area is 122 Å². The largest absolute Gasteiger partial charge is 0.480 e. The molecule has 20 heavy (non-hydrogen) atoms. The lowest BCUT2D eigenvalue weighted by atomic mass is 10.2. The van der Waals surface area contributed by atoms with Gasteiger partial charge in [-0.15, -0.1) is 0 Å². The maximum atomic E-state index is 12.4. The fourth-order valence-corrected chi connectivity index (χ4v) is 3.59. The van der Waals surface area contributed by atoms with E-state index in [1.807, 2.05) is 6.07 Å². The average molecular weight is 317 g/mol. The van der Waals surface area contributed by atoms with Crippen LogP contribution in [0.25, 0.3) is 0 Å². The molecule has 1 N–H and O–H groups in total. The lowest BCUT2D eigenvalue weighted by Gasteiger charge is -2.23. The van der Waals surface area contributed by atoms with Crippen LogP contribution in [0.3, 0.4) is 0 Å². The van der Waals surface area contributed by atoms with Gasteiger partial charge in [0.1, 0.15) is 10.9 Å². The molecule has 1 rings (SSSR count). The van der Waals surface area contributed by atoms with Crippen LogP contribution >= 0.6 is 11.6 Å². The van der Waals surface area contributed by atoms with E-state index < -0.39 is 22.0 Å². The average Bonchev–Trinajstić information content (AvgIpc) is 2.38. The van der Waals surface area contributed by atoms with Crippen LogP contribution < -0.4 is 0 Å². The van der Waals surface area contributed by atoms with E-state index in [-0.39, 0.29) is 21.9 Å². The first-order valence-corrected chi connectivity index (χ1v) is 7.48. The number of benzene rings is 1. The minimum absolute atomic E-state index is 0.115. The molecule has 0 saturated carbocycles. The molecule has 108 valence electrons. The van der Waals surface area contributed by atoms with Gasteiger partial charge in [-0.3, -0.25) is 4.79 Å². The van der Waals surface area contributed by atoms with Gasteiger partial charge in [0.15, 0.2) is 0 Å². The first kappa shape index (κ1) is 16.4. The number of nitrogens with zero attached hydrogens (tertiary/aromatic N) is 2. The molecule has 8 heteroatoms. The summed E-state index contributed by atoms with van der Waals surface area (Å²) in [5.74, 6) is -1.23.